The molecule has 0 aliphatic carbocycles. The van der Waals surface area contributed by atoms with Gasteiger partial charge in [-0.2, -0.15) is 0 Å². The third kappa shape index (κ3) is 3.63. The number of piperidine rings is 1. The lowest BCUT2D eigenvalue weighted by Crippen LogP contribution is -2.32. The first-order valence-corrected chi connectivity index (χ1v) is 7.97. The second kappa shape index (κ2) is 6.88. The van der Waals surface area contributed by atoms with E-state index in [9.17, 15) is 0 Å². The molecule has 116 valence electrons. The number of rotatable bonds is 4. The van der Waals surface area contributed by atoms with Gasteiger partial charge in [-0.3, -0.25) is 14.9 Å². The van der Waals surface area contributed by atoms with E-state index in [1.165, 1.54) is 29.8 Å². The highest BCUT2D eigenvalue weighted by molar-refractivity contribution is 5.42. The van der Waals surface area contributed by atoms with Gasteiger partial charge < -0.3 is 4.90 Å². The normalized spacial score (nSPS) is 16.6. The zero-order chi connectivity index (χ0) is 15.4. The smallest absolute Gasteiger partial charge is 0.0547 e. The molecule has 0 aromatic carbocycles. The average molecular weight is 296 g/mol. The van der Waals surface area contributed by atoms with Crippen LogP contribution in [0, 0.1) is 0 Å². The maximum atomic E-state index is 4.66. The fourth-order valence-corrected chi connectivity index (χ4v) is 3.04. The molecule has 3 heterocycles. The number of pyridine rings is 2. The van der Waals surface area contributed by atoms with Crippen molar-refractivity contribution in [3.63, 3.8) is 0 Å². The van der Waals surface area contributed by atoms with Crippen LogP contribution in [-0.4, -0.2) is 42.1 Å². The first-order chi connectivity index (χ1) is 10.7. The minimum absolute atomic E-state index is 0.602. The summed E-state index contributed by atoms with van der Waals surface area (Å²) in [6.07, 6.45) is 8.12. The van der Waals surface area contributed by atoms with Crippen molar-refractivity contribution in [3.05, 3.63) is 54.1 Å². The van der Waals surface area contributed by atoms with Crippen molar-refractivity contribution in [1.29, 1.82) is 0 Å². The van der Waals surface area contributed by atoms with Gasteiger partial charge in [0.05, 0.1) is 11.9 Å². The molecular formula is C18H24N4. The highest BCUT2D eigenvalue weighted by Gasteiger charge is 2.21. The van der Waals surface area contributed by atoms with Crippen molar-refractivity contribution in [1.82, 2.24) is 14.9 Å². The zero-order valence-electron chi connectivity index (χ0n) is 13.4. The Morgan fingerprint density at radius 3 is 2.41 bits per heavy atom. The van der Waals surface area contributed by atoms with Crippen molar-refractivity contribution in [3.8, 4) is 0 Å². The molecular weight excluding hydrogens is 272 g/mol. The molecule has 1 fully saturated rings. The predicted molar refractivity (Wildman–Crippen MR) is 90.1 cm³/mol. The monoisotopic (exact) mass is 296 g/mol. The first kappa shape index (κ1) is 15.0. The largest absolute Gasteiger partial charge is 0.376 e. The number of hydrogen-bond donors (Lipinski definition) is 0. The molecule has 0 atom stereocenters. The van der Waals surface area contributed by atoms with Gasteiger partial charge in [0.15, 0.2) is 0 Å². The van der Waals surface area contributed by atoms with Crippen molar-refractivity contribution in [2.24, 2.45) is 0 Å². The van der Waals surface area contributed by atoms with Gasteiger partial charge in [0.2, 0.25) is 0 Å². The van der Waals surface area contributed by atoms with E-state index < -0.39 is 0 Å². The molecule has 4 heteroatoms. The van der Waals surface area contributed by atoms with Gasteiger partial charge in [0.25, 0.3) is 0 Å². The van der Waals surface area contributed by atoms with Crippen LogP contribution in [0.2, 0.25) is 0 Å². The van der Waals surface area contributed by atoms with Gasteiger partial charge in [-0.15, -0.1) is 0 Å². The summed E-state index contributed by atoms with van der Waals surface area (Å²) in [5, 5.41) is 0. The number of nitrogens with zero attached hydrogens (tertiary/aromatic N) is 4. The second-order valence-electron chi connectivity index (χ2n) is 6.24. The molecule has 1 saturated heterocycles. The molecule has 0 saturated carbocycles. The van der Waals surface area contributed by atoms with E-state index in [-0.39, 0.29) is 0 Å². The Balaban J connectivity index is 1.55. The molecule has 0 bridgehead atoms. The lowest BCUT2D eigenvalue weighted by molar-refractivity contribution is 0.203. The highest BCUT2D eigenvalue weighted by atomic mass is 15.1. The van der Waals surface area contributed by atoms with Crippen LogP contribution in [0.4, 0.5) is 5.69 Å². The molecule has 1 aliphatic rings. The summed E-state index contributed by atoms with van der Waals surface area (Å²) in [4.78, 5) is 13.4. The van der Waals surface area contributed by atoms with Crippen molar-refractivity contribution in [2.75, 3.05) is 32.1 Å². The Morgan fingerprint density at radius 2 is 1.82 bits per heavy atom. The average Bonchev–Trinajstić information content (AvgIpc) is 2.57. The number of likely N-dealkylation sites (tertiary alicyclic amines) is 1. The number of hydrogen-bond acceptors (Lipinski definition) is 4. The Hall–Kier alpha value is -1.94. The first-order valence-electron chi connectivity index (χ1n) is 7.97. The lowest BCUT2D eigenvalue weighted by Gasteiger charge is -2.31. The fraction of sp³-hybridized carbons (Fsp3) is 0.444. The van der Waals surface area contributed by atoms with Crippen LogP contribution in [0.5, 0.6) is 0 Å². The quantitative estimate of drug-likeness (QED) is 0.868. The standard InChI is InChI=1S/C18H24N4/c1-21(2)17-3-4-18(20-13-17)16-7-11-22(12-8-16)14-15-5-9-19-10-6-15/h3-6,9-10,13,16H,7-8,11-12,14H2,1-2H3. The van der Waals surface area contributed by atoms with Gasteiger partial charge in [-0.05, 0) is 55.8 Å². The van der Waals surface area contributed by atoms with Gasteiger partial charge in [-0.1, -0.05) is 0 Å². The van der Waals surface area contributed by atoms with E-state index in [4.69, 9.17) is 0 Å². The maximum absolute atomic E-state index is 4.66. The Labute approximate surface area is 132 Å². The third-order valence-corrected chi connectivity index (χ3v) is 4.45. The Morgan fingerprint density at radius 1 is 1.09 bits per heavy atom. The molecule has 0 radical (unpaired) electrons. The molecule has 1 aliphatic heterocycles. The summed E-state index contributed by atoms with van der Waals surface area (Å²) in [7, 11) is 4.10. The summed E-state index contributed by atoms with van der Waals surface area (Å²) in [6.45, 7) is 3.32. The minimum atomic E-state index is 0.602. The molecule has 2 aromatic heterocycles. The van der Waals surface area contributed by atoms with Crippen molar-refractivity contribution < 1.29 is 0 Å². The maximum Gasteiger partial charge on any atom is 0.0547 e. The topological polar surface area (TPSA) is 32.3 Å². The van der Waals surface area contributed by atoms with Crippen molar-refractivity contribution >= 4 is 5.69 Å². The van der Waals surface area contributed by atoms with E-state index in [2.05, 4.69) is 44.0 Å². The molecule has 22 heavy (non-hydrogen) atoms. The van der Waals surface area contributed by atoms with Crippen LogP contribution in [0.25, 0.3) is 0 Å². The summed E-state index contributed by atoms with van der Waals surface area (Å²) in [6, 6.07) is 8.57. The van der Waals surface area contributed by atoms with E-state index in [0.29, 0.717) is 5.92 Å². The molecule has 3 rings (SSSR count). The third-order valence-electron chi connectivity index (χ3n) is 4.45. The number of aromatic nitrogens is 2. The summed E-state index contributed by atoms with van der Waals surface area (Å²) in [5.41, 5.74) is 3.76. The van der Waals surface area contributed by atoms with Crippen LogP contribution in [0.1, 0.15) is 30.0 Å². The SMILES string of the molecule is CN(C)c1ccc(C2CCN(Cc3ccncc3)CC2)nc1. The van der Waals surface area contributed by atoms with Crippen LogP contribution in [-0.2, 0) is 6.54 Å². The Bertz CT molecular complexity index is 572. The van der Waals surface area contributed by atoms with Gasteiger partial charge in [0.1, 0.15) is 0 Å². The van der Waals surface area contributed by atoms with Gasteiger partial charge in [0, 0.05) is 44.6 Å². The second-order valence-corrected chi connectivity index (χ2v) is 6.24. The molecule has 0 amide bonds. The lowest BCUT2D eigenvalue weighted by atomic mass is 9.93. The fourth-order valence-electron chi connectivity index (χ4n) is 3.04. The minimum Gasteiger partial charge on any atom is -0.376 e. The van der Waals surface area contributed by atoms with Crippen LogP contribution in [0.3, 0.4) is 0 Å². The molecule has 0 spiro atoms. The molecule has 4 nitrogen and oxygen atoms in total. The highest BCUT2D eigenvalue weighted by Crippen LogP contribution is 2.28. The van der Waals surface area contributed by atoms with Crippen molar-refractivity contribution in [2.45, 2.75) is 25.3 Å². The van der Waals surface area contributed by atoms with Crippen LogP contribution in [0.15, 0.2) is 42.9 Å². The van der Waals surface area contributed by atoms with Gasteiger partial charge >= 0.3 is 0 Å². The predicted octanol–water partition coefficient (Wildman–Crippen LogP) is 2.92. The van der Waals surface area contributed by atoms with Gasteiger partial charge in [-0.25, -0.2) is 0 Å². The van der Waals surface area contributed by atoms with E-state index in [1.54, 1.807) is 0 Å². The summed E-state index contributed by atoms with van der Waals surface area (Å²) < 4.78 is 0. The molecule has 2 aromatic rings. The Kier molecular flexibility index (Phi) is 4.68. The van der Waals surface area contributed by atoms with E-state index in [0.717, 1.165) is 19.6 Å². The summed E-state index contributed by atoms with van der Waals surface area (Å²) in [5.74, 6) is 0.602. The molecule has 0 N–H and O–H groups in total. The van der Waals surface area contributed by atoms with E-state index in [1.807, 2.05) is 32.7 Å². The van der Waals surface area contributed by atoms with E-state index >= 15 is 0 Å². The number of anilines is 1. The van der Waals surface area contributed by atoms with Crippen LogP contribution >= 0.6 is 0 Å². The molecule has 0 unspecified atom stereocenters. The van der Waals surface area contributed by atoms with Crippen LogP contribution < -0.4 is 4.90 Å². The zero-order valence-corrected chi connectivity index (χ0v) is 13.4. The summed E-state index contributed by atoms with van der Waals surface area (Å²) >= 11 is 0.